The molecule has 7 heteroatoms. The van der Waals surface area contributed by atoms with E-state index < -0.39 is 11.8 Å². The molecule has 2 N–H and O–H groups in total. The third kappa shape index (κ3) is 4.01. The summed E-state index contributed by atoms with van der Waals surface area (Å²) in [6.45, 7) is 0. The molecule has 0 unspecified atom stereocenters. The highest BCUT2D eigenvalue weighted by Crippen LogP contribution is 2.28. The Hall–Kier alpha value is -3.53. The molecule has 0 atom stereocenters. The van der Waals surface area contributed by atoms with Gasteiger partial charge in [-0.2, -0.15) is 5.26 Å². The van der Waals surface area contributed by atoms with Crippen LogP contribution in [-0.2, 0) is 9.59 Å². The average molecular weight is 325 g/mol. The van der Waals surface area contributed by atoms with E-state index in [0.717, 1.165) is 0 Å². The molecule has 2 amide bonds. The standard InChI is InChI=1S/C17H15N3O4/c1-23-13-7-8-15(24-2)14(9-13)20-17(22)16(21)19-12-5-3-11(10-18)4-6-12/h3-9H,1-2H3,(H,19,21)(H,20,22). The van der Waals surface area contributed by atoms with E-state index in [4.69, 9.17) is 14.7 Å². The summed E-state index contributed by atoms with van der Waals surface area (Å²) < 4.78 is 10.2. The number of anilines is 2. The zero-order valence-corrected chi connectivity index (χ0v) is 13.1. The van der Waals surface area contributed by atoms with Crippen LogP contribution in [0.2, 0.25) is 0 Å². The van der Waals surface area contributed by atoms with E-state index in [2.05, 4.69) is 10.6 Å². The van der Waals surface area contributed by atoms with E-state index in [-0.39, 0.29) is 0 Å². The van der Waals surface area contributed by atoms with Gasteiger partial charge in [0.05, 0.1) is 31.5 Å². The Morgan fingerprint density at radius 1 is 0.958 bits per heavy atom. The van der Waals surface area contributed by atoms with Crippen molar-refractivity contribution in [3.63, 3.8) is 0 Å². The molecule has 0 aromatic heterocycles. The summed E-state index contributed by atoms with van der Waals surface area (Å²) in [5.74, 6) is -0.788. The fourth-order valence-corrected chi connectivity index (χ4v) is 1.91. The second-order valence-electron chi connectivity index (χ2n) is 4.66. The minimum atomic E-state index is -0.856. The van der Waals surface area contributed by atoms with Crippen LogP contribution >= 0.6 is 0 Å². The Bertz CT molecular complexity index is 794. The number of nitrogens with zero attached hydrogens (tertiary/aromatic N) is 1. The summed E-state index contributed by atoms with van der Waals surface area (Å²) in [7, 11) is 2.94. The van der Waals surface area contributed by atoms with Gasteiger partial charge in [-0.3, -0.25) is 9.59 Å². The number of amides is 2. The largest absolute Gasteiger partial charge is 0.497 e. The summed E-state index contributed by atoms with van der Waals surface area (Å²) >= 11 is 0. The highest BCUT2D eigenvalue weighted by Gasteiger charge is 2.16. The van der Waals surface area contributed by atoms with Gasteiger partial charge in [-0.15, -0.1) is 0 Å². The minimum Gasteiger partial charge on any atom is -0.497 e. The maximum absolute atomic E-state index is 12.0. The highest BCUT2D eigenvalue weighted by atomic mass is 16.5. The van der Waals surface area contributed by atoms with Gasteiger partial charge < -0.3 is 20.1 Å². The molecule has 2 aromatic carbocycles. The topological polar surface area (TPSA) is 100 Å². The molecule has 2 rings (SSSR count). The van der Waals surface area contributed by atoms with Gasteiger partial charge in [-0.05, 0) is 36.4 Å². The van der Waals surface area contributed by atoms with Crippen molar-refractivity contribution in [1.29, 1.82) is 5.26 Å². The molecule has 122 valence electrons. The molecule has 0 radical (unpaired) electrons. The molecule has 0 saturated carbocycles. The first kappa shape index (κ1) is 16.8. The number of ether oxygens (including phenoxy) is 2. The molecule has 0 aliphatic heterocycles. The van der Waals surface area contributed by atoms with Crippen molar-refractivity contribution in [2.24, 2.45) is 0 Å². The lowest BCUT2D eigenvalue weighted by Gasteiger charge is -2.11. The van der Waals surface area contributed by atoms with Gasteiger partial charge in [0.2, 0.25) is 0 Å². The van der Waals surface area contributed by atoms with Crippen LogP contribution in [0.25, 0.3) is 0 Å². The van der Waals surface area contributed by atoms with Crippen molar-refractivity contribution in [2.75, 3.05) is 24.9 Å². The van der Waals surface area contributed by atoms with Gasteiger partial charge >= 0.3 is 11.8 Å². The van der Waals surface area contributed by atoms with Crippen molar-refractivity contribution >= 4 is 23.2 Å². The number of hydrogen-bond donors (Lipinski definition) is 2. The Morgan fingerprint density at radius 2 is 1.62 bits per heavy atom. The molecular weight excluding hydrogens is 310 g/mol. The van der Waals surface area contributed by atoms with E-state index >= 15 is 0 Å². The van der Waals surface area contributed by atoms with E-state index in [9.17, 15) is 9.59 Å². The number of carbonyl (C=O) groups excluding carboxylic acids is 2. The smallest absolute Gasteiger partial charge is 0.314 e. The maximum atomic E-state index is 12.0. The minimum absolute atomic E-state index is 0.317. The SMILES string of the molecule is COc1ccc(OC)c(NC(=O)C(=O)Nc2ccc(C#N)cc2)c1. The number of nitriles is 1. The van der Waals surface area contributed by atoms with Crippen molar-refractivity contribution in [2.45, 2.75) is 0 Å². The van der Waals surface area contributed by atoms with Crippen LogP contribution in [-0.4, -0.2) is 26.0 Å². The lowest BCUT2D eigenvalue weighted by molar-refractivity contribution is -0.133. The van der Waals surface area contributed by atoms with Crippen LogP contribution in [0.4, 0.5) is 11.4 Å². The first-order valence-electron chi connectivity index (χ1n) is 6.92. The number of carbonyl (C=O) groups is 2. The predicted octanol–water partition coefficient (Wildman–Crippen LogP) is 2.15. The maximum Gasteiger partial charge on any atom is 0.314 e. The number of benzene rings is 2. The van der Waals surface area contributed by atoms with Gasteiger partial charge in [0.15, 0.2) is 0 Å². The first-order valence-corrected chi connectivity index (χ1v) is 6.92. The van der Waals surface area contributed by atoms with Crippen molar-refractivity contribution in [1.82, 2.24) is 0 Å². The van der Waals surface area contributed by atoms with Gasteiger partial charge in [0.25, 0.3) is 0 Å². The third-order valence-corrected chi connectivity index (χ3v) is 3.13. The van der Waals surface area contributed by atoms with Gasteiger partial charge in [-0.1, -0.05) is 0 Å². The number of rotatable bonds is 4. The number of nitrogens with one attached hydrogen (secondary N) is 2. The van der Waals surface area contributed by atoms with Crippen molar-refractivity contribution in [3.8, 4) is 17.6 Å². The van der Waals surface area contributed by atoms with Crippen LogP contribution in [0.1, 0.15) is 5.56 Å². The zero-order valence-electron chi connectivity index (χ0n) is 13.1. The average Bonchev–Trinajstić information content (AvgIpc) is 2.62. The molecule has 24 heavy (non-hydrogen) atoms. The fourth-order valence-electron chi connectivity index (χ4n) is 1.91. The molecule has 0 saturated heterocycles. The summed E-state index contributed by atoms with van der Waals surface area (Å²) in [4.78, 5) is 24.0. The van der Waals surface area contributed by atoms with E-state index in [1.807, 2.05) is 6.07 Å². The molecule has 0 aliphatic rings. The first-order chi connectivity index (χ1) is 11.6. The van der Waals surface area contributed by atoms with E-state index in [0.29, 0.717) is 28.4 Å². The second kappa shape index (κ2) is 7.65. The van der Waals surface area contributed by atoms with Gasteiger partial charge in [0.1, 0.15) is 11.5 Å². The Kier molecular flexibility index (Phi) is 5.36. The molecule has 2 aromatic rings. The third-order valence-electron chi connectivity index (χ3n) is 3.13. The lowest BCUT2D eigenvalue weighted by Crippen LogP contribution is -2.29. The molecule has 0 spiro atoms. The molecule has 0 aliphatic carbocycles. The molecule has 0 fully saturated rings. The van der Waals surface area contributed by atoms with Gasteiger partial charge in [-0.25, -0.2) is 0 Å². The Labute approximate surface area is 138 Å². The normalized spacial score (nSPS) is 9.54. The number of hydrogen-bond acceptors (Lipinski definition) is 5. The molecular formula is C17H15N3O4. The van der Waals surface area contributed by atoms with Crippen LogP contribution in [0.3, 0.4) is 0 Å². The van der Waals surface area contributed by atoms with Crippen LogP contribution in [0.5, 0.6) is 11.5 Å². The van der Waals surface area contributed by atoms with E-state index in [1.165, 1.54) is 26.4 Å². The van der Waals surface area contributed by atoms with Crippen molar-refractivity contribution in [3.05, 3.63) is 48.0 Å². The van der Waals surface area contributed by atoms with Crippen LogP contribution < -0.4 is 20.1 Å². The fraction of sp³-hybridized carbons (Fsp3) is 0.118. The van der Waals surface area contributed by atoms with Crippen LogP contribution in [0.15, 0.2) is 42.5 Å². The van der Waals surface area contributed by atoms with Crippen molar-refractivity contribution < 1.29 is 19.1 Å². The quantitative estimate of drug-likeness (QED) is 0.839. The Balaban J connectivity index is 2.08. The molecule has 7 nitrogen and oxygen atoms in total. The Morgan fingerprint density at radius 3 is 2.21 bits per heavy atom. The molecule has 0 heterocycles. The summed E-state index contributed by atoms with van der Waals surface area (Å²) in [5.41, 5.74) is 1.18. The summed E-state index contributed by atoms with van der Waals surface area (Å²) in [6.07, 6.45) is 0. The predicted molar refractivity (Wildman–Crippen MR) is 88.0 cm³/mol. The van der Waals surface area contributed by atoms with Crippen LogP contribution in [0, 0.1) is 11.3 Å². The highest BCUT2D eigenvalue weighted by molar-refractivity contribution is 6.43. The zero-order chi connectivity index (χ0) is 17.5. The van der Waals surface area contributed by atoms with Gasteiger partial charge in [0, 0.05) is 11.8 Å². The monoisotopic (exact) mass is 325 g/mol. The molecule has 0 bridgehead atoms. The summed E-state index contributed by atoms with van der Waals surface area (Å²) in [5, 5.41) is 13.6. The number of methoxy groups -OCH3 is 2. The second-order valence-corrected chi connectivity index (χ2v) is 4.66. The lowest BCUT2D eigenvalue weighted by atomic mass is 10.2. The van der Waals surface area contributed by atoms with E-state index in [1.54, 1.807) is 30.3 Å². The summed E-state index contributed by atoms with van der Waals surface area (Å²) in [6, 6.07) is 13.0.